The number of nitrogens with zero attached hydrogens (tertiary/aromatic N) is 2. The van der Waals surface area contributed by atoms with Crippen LogP contribution in [0, 0.1) is 5.82 Å². The highest BCUT2D eigenvalue weighted by molar-refractivity contribution is 7.09. The molecule has 1 aromatic heterocycles. The van der Waals surface area contributed by atoms with Crippen LogP contribution < -0.4 is 5.32 Å². The summed E-state index contributed by atoms with van der Waals surface area (Å²) in [6, 6.07) is 6.43. The number of carbonyl (C=O) groups is 1. The fourth-order valence-electron chi connectivity index (χ4n) is 2.14. The lowest BCUT2D eigenvalue weighted by Gasteiger charge is -2.25. The molecular formula is C17H20FN3O2S. The van der Waals surface area contributed by atoms with Gasteiger partial charge in [0.1, 0.15) is 5.82 Å². The third-order valence-corrected chi connectivity index (χ3v) is 4.39. The smallest absolute Gasteiger partial charge is 0.331 e. The summed E-state index contributed by atoms with van der Waals surface area (Å²) in [6.45, 7) is 6.47. The third kappa shape index (κ3) is 4.61. The third-order valence-electron chi connectivity index (χ3n) is 3.71. The molecule has 24 heavy (non-hydrogen) atoms. The van der Waals surface area contributed by atoms with E-state index in [1.165, 1.54) is 29.7 Å². The number of anilines is 1. The molecule has 0 fully saturated rings. The normalized spacial score (nSPS) is 12.2. The topological polar surface area (TPSA) is 75.1 Å². The zero-order chi connectivity index (χ0) is 17.7. The molecule has 0 saturated heterocycles. The Morgan fingerprint density at radius 1 is 1.38 bits per heavy atom. The molecule has 0 aliphatic rings. The van der Waals surface area contributed by atoms with Crippen molar-refractivity contribution in [3.05, 3.63) is 47.0 Å². The summed E-state index contributed by atoms with van der Waals surface area (Å²) in [7, 11) is 0. The summed E-state index contributed by atoms with van der Waals surface area (Å²) in [5.74, 6) is -0.825. The fourth-order valence-corrected chi connectivity index (χ4v) is 2.68. The Bertz CT molecular complexity index is 739. The predicted octanol–water partition coefficient (Wildman–Crippen LogP) is 3.94. The van der Waals surface area contributed by atoms with E-state index in [2.05, 4.69) is 28.5 Å². The van der Waals surface area contributed by atoms with Gasteiger partial charge in [0.2, 0.25) is 5.13 Å². The number of rotatable bonds is 7. The van der Waals surface area contributed by atoms with Crippen LogP contribution in [0.4, 0.5) is 9.52 Å². The molecule has 2 rings (SSSR count). The van der Waals surface area contributed by atoms with Gasteiger partial charge in [-0.3, -0.25) is 0 Å². The highest BCUT2D eigenvalue weighted by Crippen LogP contribution is 2.24. The number of hydrogen-bond acceptors (Lipinski definition) is 5. The van der Waals surface area contributed by atoms with Crippen molar-refractivity contribution in [1.82, 2.24) is 9.36 Å². The molecule has 0 atom stereocenters. The second-order valence-electron chi connectivity index (χ2n) is 6.03. The van der Waals surface area contributed by atoms with Crippen molar-refractivity contribution in [2.24, 2.45) is 0 Å². The zero-order valence-corrected chi connectivity index (χ0v) is 14.7. The first-order valence-electron chi connectivity index (χ1n) is 7.59. The summed E-state index contributed by atoms with van der Waals surface area (Å²) < 4.78 is 17.2. The first kappa shape index (κ1) is 18.1. The van der Waals surface area contributed by atoms with Gasteiger partial charge >= 0.3 is 5.97 Å². The van der Waals surface area contributed by atoms with E-state index in [0.29, 0.717) is 23.9 Å². The molecular weight excluding hydrogens is 329 g/mol. The fraction of sp³-hybridized carbons (Fsp3) is 0.353. The minimum absolute atomic E-state index is 0.217. The van der Waals surface area contributed by atoms with Crippen LogP contribution in [0.3, 0.4) is 0 Å². The Balaban J connectivity index is 2.04. The van der Waals surface area contributed by atoms with Gasteiger partial charge in [0, 0.05) is 29.1 Å². The average Bonchev–Trinajstić information content (AvgIpc) is 2.98. The van der Waals surface area contributed by atoms with E-state index in [1.807, 2.05) is 0 Å². The predicted molar refractivity (Wildman–Crippen MR) is 93.7 cm³/mol. The van der Waals surface area contributed by atoms with Crippen LogP contribution in [0.25, 0.3) is 6.08 Å². The van der Waals surface area contributed by atoms with E-state index in [-0.39, 0.29) is 16.8 Å². The van der Waals surface area contributed by atoms with Crippen LogP contribution in [0.2, 0.25) is 0 Å². The van der Waals surface area contributed by atoms with Crippen LogP contribution in [0.5, 0.6) is 0 Å². The molecule has 0 aliphatic heterocycles. The molecule has 0 saturated carbocycles. The maximum absolute atomic E-state index is 13.0. The molecule has 0 amide bonds. The molecule has 1 aromatic carbocycles. The number of hydrogen-bond donors (Lipinski definition) is 2. The standard InChI is InChI=1S/C17H20FN3O2S/c1-4-11(15(22)23)9-14-20-16(24-21-14)19-10-17(2,3)12-5-7-13(18)8-6-12/h5-9H,4,10H2,1-3H3,(H,22,23)(H,19,20,21). The van der Waals surface area contributed by atoms with E-state index >= 15 is 0 Å². The van der Waals surface area contributed by atoms with Crippen LogP contribution in [-0.2, 0) is 10.2 Å². The molecule has 0 aliphatic carbocycles. The van der Waals surface area contributed by atoms with Crippen LogP contribution in [0.15, 0.2) is 29.8 Å². The Labute approximate surface area is 144 Å². The molecule has 0 spiro atoms. The van der Waals surface area contributed by atoms with Gasteiger partial charge in [-0.15, -0.1) is 0 Å². The molecule has 0 unspecified atom stereocenters. The van der Waals surface area contributed by atoms with Gasteiger partial charge in [-0.2, -0.15) is 9.36 Å². The molecule has 5 nitrogen and oxygen atoms in total. The van der Waals surface area contributed by atoms with Crippen molar-refractivity contribution in [2.75, 3.05) is 11.9 Å². The molecule has 0 bridgehead atoms. The van der Waals surface area contributed by atoms with Crippen molar-refractivity contribution >= 4 is 28.7 Å². The zero-order valence-electron chi connectivity index (χ0n) is 13.8. The molecule has 128 valence electrons. The summed E-state index contributed by atoms with van der Waals surface area (Å²) in [6.07, 6.45) is 1.89. The molecule has 1 heterocycles. The summed E-state index contributed by atoms with van der Waals surface area (Å²) in [4.78, 5) is 15.3. The number of benzene rings is 1. The van der Waals surface area contributed by atoms with Crippen LogP contribution >= 0.6 is 11.5 Å². The van der Waals surface area contributed by atoms with Gasteiger partial charge in [-0.25, -0.2) is 9.18 Å². The van der Waals surface area contributed by atoms with Gasteiger partial charge in [0.25, 0.3) is 0 Å². The highest BCUT2D eigenvalue weighted by atomic mass is 32.1. The number of carboxylic acid groups (broad SMARTS) is 1. The number of nitrogens with one attached hydrogen (secondary N) is 1. The quantitative estimate of drug-likeness (QED) is 0.741. The lowest BCUT2D eigenvalue weighted by molar-refractivity contribution is -0.132. The SMILES string of the molecule is CCC(=Cc1nsc(NCC(C)(C)c2ccc(F)cc2)n1)C(=O)O. The number of halogens is 1. The largest absolute Gasteiger partial charge is 0.478 e. The van der Waals surface area contributed by atoms with Gasteiger partial charge < -0.3 is 10.4 Å². The average molecular weight is 349 g/mol. The van der Waals surface area contributed by atoms with Crippen molar-refractivity contribution < 1.29 is 14.3 Å². The van der Waals surface area contributed by atoms with Crippen molar-refractivity contribution in [2.45, 2.75) is 32.6 Å². The summed E-state index contributed by atoms with van der Waals surface area (Å²) in [5, 5.41) is 12.9. The Hall–Kier alpha value is -2.28. The highest BCUT2D eigenvalue weighted by Gasteiger charge is 2.21. The van der Waals surface area contributed by atoms with Gasteiger partial charge in [0.05, 0.1) is 0 Å². The minimum atomic E-state index is -0.959. The molecule has 2 N–H and O–H groups in total. The molecule has 2 aromatic rings. The monoisotopic (exact) mass is 349 g/mol. The molecule has 0 radical (unpaired) electrons. The summed E-state index contributed by atoms with van der Waals surface area (Å²) >= 11 is 1.18. The van der Waals surface area contributed by atoms with E-state index in [0.717, 1.165) is 5.56 Å². The van der Waals surface area contributed by atoms with E-state index in [1.54, 1.807) is 19.1 Å². The Morgan fingerprint density at radius 2 is 2.04 bits per heavy atom. The Kier molecular flexibility index (Phi) is 5.66. The summed E-state index contributed by atoms with van der Waals surface area (Å²) in [5.41, 5.74) is 1.07. The maximum Gasteiger partial charge on any atom is 0.331 e. The van der Waals surface area contributed by atoms with E-state index in [4.69, 9.17) is 5.11 Å². The van der Waals surface area contributed by atoms with Crippen LogP contribution in [-0.4, -0.2) is 27.0 Å². The number of aliphatic carboxylic acids is 1. The van der Waals surface area contributed by atoms with Crippen molar-refractivity contribution in [1.29, 1.82) is 0 Å². The lowest BCUT2D eigenvalue weighted by Crippen LogP contribution is -2.27. The van der Waals surface area contributed by atoms with E-state index < -0.39 is 5.97 Å². The van der Waals surface area contributed by atoms with Crippen molar-refractivity contribution in [3.8, 4) is 0 Å². The second-order valence-corrected chi connectivity index (χ2v) is 6.78. The number of carboxylic acids is 1. The van der Waals surface area contributed by atoms with Gasteiger partial charge in [-0.05, 0) is 30.2 Å². The lowest BCUT2D eigenvalue weighted by atomic mass is 9.85. The van der Waals surface area contributed by atoms with Crippen LogP contribution in [0.1, 0.15) is 38.6 Å². The van der Waals surface area contributed by atoms with Gasteiger partial charge in [-0.1, -0.05) is 32.9 Å². The number of aromatic nitrogens is 2. The Morgan fingerprint density at radius 3 is 2.62 bits per heavy atom. The van der Waals surface area contributed by atoms with Gasteiger partial charge in [0.15, 0.2) is 5.82 Å². The minimum Gasteiger partial charge on any atom is -0.478 e. The second kappa shape index (κ2) is 7.53. The van der Waals surface area contributed by atoms with Crippen molar-refractivity contribution in [3.63, 3.8) is 0 Å². The van der Waals surface area contributed by atoms with E-state index in [9.17, 15) is 9.18 Å². The molecule has 7 heteroatoms. The maximum atomic E-state index is 13.0. The first-order chi connectivity index (χ1) is 11.3. The first-order valence-corrected chi connectivity index (χ1v) is 8.36.